The molecule has 3 aliphatic heterocycles. The van der Waals surface area contributed by atoms with Crippen LogP contribution in [0.4, 0.5) is 0 Å². The van der Waals surface area contributed by atoms with E-state index < -0.39 is 0 Å². The normalized spacial score (nSPS) is 38.5. The number of hydrogen-bond acceptors (Lipinski definition) is 5. The van der Waals surface area contributed by atoms with Gasteiger partial charge in [-0.1, -0.05) is 31.1 Å². The Bertz CT molecular complexity index is 645. The Balaban J connectivity index is 1.02. The first-order valence-electron chi connectivity index (χ1n) is 13.9. The van der Waals surface area contributed by atoms with Crippen LogP contribution in [0.5, 0.6) is 0 Å². The van der Waals surface area contributed by atoms with Crippen LogP contribution in [0.15, 0.2) is 23.8 Å². The van der Waals surface area contributed by atoms with E-state index in [9.17, 15) is 0 Å². The van der Waals surface area contributed by atoms with Gasteiger partial charge in [0.2, 0.25) is 0 Å². The van der Waals surface area contributed by atoms with E-state index in [0.29, 0.717) is 30.0 Å². The highest BCUT2D eigenvalue weighted by Gasteiger charge is 2.47. The molecule has 0 spiro atoms. The number of hydrogen-bond donors (Lipinski definition) is 0. The van der Waals surface area contributed by atoms with E-state index in [1.54, 1.807) is 5.57 Å². The Kier molecular flexibility index (Phi) is 8.95. The number of unbranched alkanes of at least 4 members (excludes halogenated alkanes) is 4. The molecule has 3 saturated heterocycles. The van der Waals surface area contributed by atoms with Gasteiger partial charge in [0.05, 0.1) is 12.7 Å². The summed E-state index contributed by atoms with van der Waals surface area (Å²) in [6.07, 6.45) is 23.6. The van der Waals surface area contributed by atoms with Gasteiger partial charge in [-0.05, 0) is 88.0 Å². The van der Waals surface area contributed by atoms with E-state index in [2.05, 4.69) is 18.2 Å². The molecule has 5 nitrogen and oxygen atoms in total. The lowest BCUT2D eigenvalue weighted by molar-refractivity contribution is -0.192. The van der Waals surface area contributed by atoms with Gasteiger partial charge in [0.25, 0.3) is 0 Å². The fourth-order valence-corrected chi connectivity index (χ4v) is 6.21. The highest BCUT2D eigenvalue weighted by atomic mass is 16.7. The van der Waals surface area contributed by atoms with Crippen molar-refractivity contribution in [1.82, 2.24) is 0 Å². The second-order valence-corrected chi connectivity index (χ2v) is 10.7. The Morgan fingerprint density at radius 3 is 2.45 bits per heavy atom. The zero-order valence-corrected chi connectivity index (χ0v) is 20.3. The van der Waals surface area contributed by atoms with Gasteiger partial charge in [-0.2, -0.15) is 0 Å². The van der Waals surface area contributed by atoms with Gasteiger partial charge in [0.15, 0.2) is 12.6 Å². The molecule has 0 radical (unpaired) electrons. The van der Waals surface area contributed by atoms with E-state index in [4.69, 9.17) is 23.7 Å². The molecule has 0 aromatic rings. The van der Waals surface area contributed by atoms with Crippen LogP contribution in [0, 0.1) is 17.8 Å². The SMILES string of the molecule is C(=C[C@@H]1[C@@H]2CC(C3CO3)=C[C@@H]2C[C@H]1OC1CCCCO1)CCCCCCOC1CCCCO1. The summed E-state index contributed by atoms with van der Waals surface area (Å²) >= 11 is 0. The first kappa shape index (κ1) is 24.0. The van der Waals surface area contributed by atoms with Crippen molar-refractivity contribution in [2.24, 2.45) is 17.8 Å². The molecule has 186 valence electrons. The van der Waals surface area contributed by atoms with Crippen molar-refractivity contribution >= 4 is 0 Å². The predicted molar refractivity (Wildman–Crippen MR) is 128 cm³/mol. The van der Waals surface area contributed by atoms with Crippen molar-refractivity contribution < 1.29 is 23.7 Å². The molecule has 7 atom stereocenters. The largest absolute Gasteiger partial charge is 0.368 e. The van der Waals surface area contributed by atoms with Gasteiger partial charge in [-0.25, -0.2) is 0 Å². The van der Waals surface area contributed by atoms with Crippen LogP contribution >= 0.6 is 0 Å². The molecule has 5 aliphatic rings. The number of fused-ring (bicyclic) bond motifs is 1. The number of rotatable bonds is 12. The second kappa shape index (κ2) is 12.3. The molecule has 33 heavy (non-hydrogen) atoms. The molecule has 5 heteroatoms. The number of epoxide rings is 1. The van der Waals surface area contributed by atoms with Crippen molar-refractivity contribution in [3.05, 3.63) is 23.8 Å². The molecule has 0 aromatic carbocycles. The van der Waals surface area contributed by atoms with Crippen LogP contribution in [0.2, 0.25) is 0 Å². The lowest BCUT2D eigenvalue weighted by Gasteiger charge is -2.29. The van der Waals surface area contributed by atoms with Crippen molar-refractivity contribution in [2.45, 2.75) is 108 Å². The summed E-state index contributed by atoms with van der Waals surface area (Å²) < 4.78 is 29.5. The summed E-state index contributed by atoms with van der Waals surface area (Å²) in [5.74, 6) is 1.85. The molecular formula is C28H44O5. The maximum atomic E-state index is 6.53. The standard InChI is InChI=1S/C28H44O5/c1(2-4-8-14-29-27-12-6-9-15-30-27)3-5-11-23-24-18-22(26-20-32-26)17-21(24)19-25(23)33-28-13-7-10-16-31-28/h5,11,17,21,23-28H,1-4,6-10,12-16,18-20H2/t21-,23-,24-,25-,26?,27?,28?/m1/s1. The van der Waals surface area contributed by atoms with Crippen LogP contribution in [-0.2, 0) is 23.7 Å². The van der Waals surface area contributed by atoms with E-state index >= 15 is 0 Å². The van der Waals surface area contributed by atoms with Gasteiger partial charge in [0.1, 0.15) is 6.10 Å². The van der Waals surface area contributed by atoms with Crippen molar-refractivity contribution in [3.8, 4) is 0 Å². The van der Waals surface area contributed by atoms with E-state index in [1.165, 1.54) is 57.8 Å². The maximum Gasteiger partial charge on any atom is 0.157 e. The smallest absolute Gasteiger partial charge is 0.157 e. The average molecular weight is 461 g/mol. The Morgan fingerprint density at radius 2 is 1.70 bits per heavy atom. The topological polar surface area (TPSA) is 49.5 Å². The van der Waals surface area contributed by atoms with Gasteiger partial charge < -0.3 is 23.7 Å². The maximum absolute atomic E-state index is 6.53. The first-order valence-corrected chi connectivity index (χ1v) is 13.9. The molecule has 0 aromatic heterocycles. The van der Waals surface area contributed by atoms with Crippen LogP contribution in [0.3, 0.4) is 0 Å². The van der Waals surface area contributed by atoms with Gasteiger partial charge in [-0.3, -0.25) is 0 Å². The highest BCUT2D eigenvalue weighted by Crippen LogP contribution is 2.50. The summed E-state index contributed by atoms with van der Waals surface area (Å²) in [4.78, 5) is 0. The third kappa shape index (κ3) is 6.91. The summed E-state index contributed by atoms with van der Waals surface area (Å²) in [6, 6.07) is 0. The number of ether oxygens (including phenoxy) is 5. The van der Waals surface area contributed by atoms with Gasteiger partial charge in [-0.15, -0.1) is 0 Å². The summed E-state index contributed by atoms with van der Waals surface area (Å²) in [6.45, 7) is 3.49. The highest BCUT2D eigenvalue weighted by molar-refractivity contribution is 5.26. The molecule has 3 heterocycles. The van der Waals surface area contributed by atoms with E-state index in [0.717, 1.165) is 52.1 Å². The van der Waals surface area contributed by atoms with Gasteiger partial charge in [0, 0.05) is 25.7 Å². The molecular weight excluding hydrogens is 416 g/mol. The number of allylic oxidation sites excluding steroid dienone is 2. The lowest BCUT2D eigenvalue weighted by Crippen LogP contribution is -2.30. The Hall–Kier alpha value is -0.720. The van der Waals surface area contributed by atoms with Crippen molar-refractivity contribution in [1.29, 1.82) is 0 Å². The molecule has 1 saturated carbocycles. The minimum Gasteiger partial charge on any atom is -0.368 e. The van der Waals surface area contributed by atoms with E-state index in [-0.39, 0.29) is 12.6 Å². The first-order chi connectivity index (χ1) is 16.4. The summed E-state index contributed by atoms with van der Waals surface area (Å²) in [5, 5.41) is 0. The molecule has 0 bridgehead atoms. The second-order valence-electron chi connectivity index (χ2n) is 10.7. The third-order valence-electron chi connectivity index (χ3n) is 8.15. The average Bonchev–Trinajstić information content (AvgIpc) is 3.54. The van der Waals surface area contributed by atoms with E-state index in [1.807, 2.05) is 0 Å². The lowest BCUT2D eigenvalue weighted by atomic mass is 9.88. The quantitative estimate of drug-likeness (QED) is 0.205. The predicted octanol–water partition coefficient (Wildman–Crippen LogP) is 5.93. The minimum atomic E-state index is 0.00919. The molecule has 0 amide bonds. The summed E-state index contributed by atoms with van der Waals surface area (Å²) in [5.41, 5.74) is 1.55. The van der Waals surface area contributed by atoms with Crippen LogP contribution in [-0.4, -0.2) is 51.2 Å². The van der Waals surface area contributed by atoms with Crippen molar-refractivity contribution in [3.63, 3.8) is 0 Å². The fraction of sp³-hybridized carbons (Fsp3) is 0.857. The zero-order valence-electron chi connectivity index (χ0n) is 20.3. The van der Waals surface area contributed by atoms with Gasteiger partial charge >= 0.3 is 0 Å². The Morgan fingerprint density at radius 1 is 0.909 bits per heavy atom. The molecule has 3 unspecified atom stereocenters. The summed E-state index contributed by atoms with van der Waals surface area (Å²) in [7, 11) is 0. The third-order valence-corrected chi connectivity index (χ3v) is 8.15. The monoisotopic (exact) mass is 460 g/mol. The molecule has 0 N–H and O–H groups in total. The van der Waals surface area contributed by atoms with Crippen molar-refractivity contribution in [2.75, 3.05) is 26.4 Å². The zero-order chi connectivity index (χ0) is 22.3. The molecule has 5 rings (SSSR count). The van der Waals surface area contributed by atoms with Crippen LogP contribution in [0.1, 0.15) is 83.5 Å². The van der Waals surface area contributed by atoms with Crippen LogP contribution < -0.4 is 0 Å². The molecule has 4 fully saturated rings. The fourth-order valence-electron chi connectivity index (χ4n) is 6.21. The molecule has 2 aliphatic carbocycles. The Labute approximate surface area is 200 Å². The van der Waals surface area contributed by atoms with Crippen LogP contribution in [0.25, 0.3) is 0 Å². The minimum absolute atomic E-state index is 0.00919.